The highest BCUT2D eigenvalue weighted by Crippen LogP contribution is 2.22. The number of benzene rings is 1. The number of hydrogen-bond acceptors (Lipinski definition) is 3. The third-order valence-corrected chi connectivity index (χ3v) is 3.96. The van der Waals surface area contributed by atoms with Gasteiger partial charge in [-0.1, -0.05) is 44.2 Å². The fourth-order valence-electron chi connectivity index (χ4n) is 2.58. The Morgan fingerprint density at radius 3 is 2.52 bits per heavy atom. The van der Waals surface area contributed by atoms with Gasteiger partial charge in [-0.15, -0.1) is 0 Å². The predicted molar refractivity (Wildman–Crippen MR) is 90.4 cm³/mol. The van der Waals surface area contributed by atoms with Crippen LogP contribution in [0, 0.1) is 0 Å². The molecule has 2 aromatic rings. The Labute approximate surface area is 137 Å². The van der Waals surface area contributed by atoms with Gasteiger partial charge in [0, 0.05) is 14.2 Å². The molecule has 0 fully saturated rings. The normalized spacial score (nSPS) is 13.8. The summed E-state index contributed by atoms with van der Waals surface area (Å²) in [5, 5.41) is 7.50. The van der Waals surface area contributed by atoms with E-state index in [1.807, 2.05) is 43.3 Å². The number of carbonyl (C=O) groups is 1. The third-order valence-electron chi connectivity index (χ3n) is 3.96. The maximum Gasteiger partial charge on any atom is 0.270 e. The van der Waals surface area contributed by atoms with Gasteiger partial charge in [-0.3, -0.25) is 9.48 Å². The Hall–Kier alpha value is -2.14. The lowest BCUT2D eigenvalue weighted by Gasteiger charge is -2.30. The summed E-state index contributed by atoms with van der Waals surface area (Å²) in [7, 11) is 3.42. The number of aromatic nitrogens is 2. The van der Waals surface area contributed by atoms with Crippen LogP contribution in [0.15, 0.2) is 36.4 Å². The number of ether oxygens (including phenoxy) is 1. The van der Waals surface area contributed by atoms with E-state index in [1.165, 1.54) is 0 Å². The second-order valence-electron chi connectivity index (χ2n) is 6.32. The quantitative estimate of drug-likeness (QED) is 0.892. The zero-order valence-corrected chi connectivity index (χ0v) is 14.5. The van der Waals surface area contributed by atoms with E-state index in [0.29, 0.717) is 12.3 Å². The summed E-state index contributed by atoms with van der Waals surface area (Å²) in [6.07, 6.45) is 0. The standard InChI is InChI=1S/C18H25N3O2/c1-13(2)15-11-16(21(4)20-15)17(22)19-18(3,12-23-5)14-9-7-6-8-10-14/h6-11,13H,12H2,1-5H3,(H,19,22)/t18-/m1/s1. The number of methoxy groups -OCH3 is 1. The number of nitrogens with zero attached hydrogens (tertiary/aromatic N) is 2. The molecule has 0 saturated carbocycles. The zero-order chi connectivity index (χ0) is 17.0. The highest BCUT2D eigenvalue weighted by molar-refractivity contribution is 5.93. The van der Waals surface area contributed by atoms with Gasteiger partial charge in [0.1, 0.15) is 5.69 Å². The minimum atomic E-state index is -0.602. The molecule has 0 radical (unpaired) electrons. The lowest BCUT2D eigenvalue weighted by molar-refractivity contribution is 0.0777. The summed E-state index contributed by atoms with van der Waals surface area (Å²) in [5.74, 6) is 0.123. The van der Waals surface area contributed by atoms with Crippen molar-refractivity contribution in [3.8, 4) is 0 Å². The first-order chi connectivity index (χ1) is 10.9. The molecule has 5 heteroatoms. The largest absolute Gasteiger partial charge is 0.382 e. The van der Waals surface area contributed by atoms with Gasteiger partial charge >= 0.3 is 0 Å². The number of hydrogen-bond donors (Lipinski definition) is 1. The van der Waals surface area contributed by atoms with Gasteiger partial charge in [-0.2, -0.15) is 5.10 Å². The smallest absolute Gasteiger partial charge is 0.270 e. The first kappa shape index (κ1) is 17.2. The molecule has 5 nitrogen and oxygen atoms in total. The number of amides is 1. The van der Waals surface area contributed by atoms with Crippen molar-refractivity contribution in [3.05, 3.63) is 53.3 Å². The lowest BCUT2D eigenvalue weighted by Crippen LogP contribution is -2.47. The van der Waals surface area contributed by atoms with Gasteiger partial charge < -0.3 is 10.1 Å². The molecule has 124 valence electrons. The molecule has 0 unspecified atom stereocenters. The number of nitrogens with one attached hydrogen (secondary N) is 1. The molecule has 0 saturated heterocycles. The van der Waals surface area contributed by atoms with Crippen LogP contribution in [0.4, 0.5) is 0 Å². The summed E-state index contributed by atoms with van der Waals surface area (Å²) < 4.78 is 6.96. The minimum absolute atomic E-state index is 0.157. The van der Waals surface area contributed by atoms with E-state index >= 15 is 0 Å². The Bertz CT molecular complexity index is 664. The van der Waals surface area contributed by atoms with Crippen LogP contribution in [0.25, 0.3) is 0 Å². The van der Waals surface area contributed by atoms with E-state index in [1.54, 1.807) is 18.8 Å². The first-order valence-electron chi connectivity index (χ1n) is 7.78. The number of aryl methyl sites for hydroxylation is 1. The molecule has 1 atom stereocenters. The Morgan fingerprint density at radius 2 is 2.00 bits per heavy atom. The van der Waals surface area contributed by atoms with Crippen LogP contribution in [0.2, 0.25) is 0 Å². The average Bonchev–Trinajstić information content (AvgIpc) is 2.91. The van der Waals surface area contributed by atoms with Crippen molar-refractivity contribution in [3.63, 3.8) is 0 Å². The van der Waals surface area contributed by atoms with Crippen molar-refractivity contribution in [2.45, 2.75) is 32.2 Å². The van der Waals surface area contributed by atoms with Gasteiger partial charge in [-0.05, 0) is 24.5 Å². The topological polar surface area (TPSA) is 56.1 Å². The van der Waals surface area contributed by atoms with Crippen molar-refractivity contribution in [1.29, 1.82) is 0 Å². The molecule has 2 rings (SSSR count). The lowest BCUT2D eigenvalue weighted by atomic mass is 9.92. The molecule has 1 amide bonds. The molecular weight excluding hydrogens is 290 g/mol. The second kappa shape index (κ2) is 6.96. The van der Waals surface area contributed by atoms with Gasteiger partial charge in [0.15, 0.2) is 0 Å². The first-order valence-corrected chi connectivity index (χ1v) is 7.78. The highest BCUT2D eigenvalue weighted by atomic mass is 16.5. The van der Waals surface area contributed by atoms with Gasteiger partial charge in [0.05, 0.1) is 17.8 Å². The fourth-order valence-corrected chi connectivity index (χ4v) is 2.58. The maximum absolute atomic E-state index is 12.7. The van der Waals surface area contributed by atoms with Crippen LogP contribution in [0.3, 0.4) is 0 Å². The summed E-state index contributed by atoms with van der Waals surface area (Å²) in [4.78, 5) is 12.7. The van der Waals surface area contributed by atoms with Crippen LogP contribution >= 0.6 is 0 Å². The molecule has 1 aromatic carbocycles. The predicted octanol–water partition coefficient (Wildman–Crippen LogP) is 2.84. The van der Waals surface area contributed by atoms with E-state index in [4.69, 9.17) is 4.74 Å². The summed E-state index contributed by atoms with van der Waals surface area (Å²) >= 11 is 0. The molecule has 1 heterocycles. The molecule has 0 aliphatic carbocycles. The molecule has 0 spiro atoms. The van der Waals surface area contributed by atoms with Gasteiger partial charge in [0.2, 0.25) is 0 Å². The second-order valence-corrected chi connectivity index (χ2v) is 6.32. The van der Waals surface area contributed by atoms with E-state index in [9.17, 15) is 4.79 Å². The Morgan fingerprint density at radius 1 is 1.35 bits per heavy atom. The van der Waals surface area contributed by atoms with Gasteiger partial charge in [-0.25, -0.2) is 0 Å². The van der Waals surface area contributed by atoms with Crippen molar-refractivity contribution in [2.75, 3.05) is 13.7 Å². The van der Waals surface area contributed by atoms with Crippen LogP contribution in [-0.2, 0) is 17.3 Å². The minimum Gasteiger partial charge on any atom is -0.382 e. The SMILES string of the molecule is COC[C@@](C)(NC(=O)c1cc(C(C)C)nn1C)c1ccccc1. The zero-order valence-electron chi connectivity index (χ0n) is 14.5. The van der Waals surface area contributed by atoms with Crippen LogP contribution in [0.1, 0.15) is 48.4 Å². The summed E-state index contributed by atoms with van der Waals surface area (Å²) in [5.41, 5.74) is 1.86. The fraction of sp³-hybridized carbons (Fsp3) is 0.444. The van der Waals surface area contributed by atoms with E-state index in [0.717, 1.165) is 11.3 Å². The monoisotopic (exact) mass is 315 g/mol. The molecular formula is C18H25N3O2. The molecule has 1 N–H and O–H groups in total. The molecule has 0 bridgehead atoms. The molecule has 0 aliphatic heterocycles. The third kappa shape index (κ3) is 3.79. The Balaban J connectivity index is 2.28. The average molecular weight is 315 g/mol. The van der Waals surface area contributed by atoms with E-state index < -0.39 is 5.54 Å². The van der Waals surface area contributed by atoms with Crippen LogP contribution in [-0.4, -0.2) is 29.4 Å². The molecule has 1 aromatic heterocycles. The van der Waals surface area contributed by atoms with Crippen LogP contribution in [0.5, 0.6) is 0 Å². The molecule has 23 heavy (non-hydrogen) atoms. The van der Waals surface area contributed by atoms with E-state index in [-0.39, 0.29) is 11.8 Å². The highest BCUT2D eigenvalue weighted by Gasteiger charge is 2.30. The molecule has 0 aliphatic rings. The maximum atomic E-state index is 12.7. The van der Waals surface area contributed by atoms with Crippen molar-refractivity contribution >= 4 is 5.91 Å². The van der Waals surface area contributed by atoms with E-state index in [2.05, 4.69) is 24.3 Å². The summed E-state index contributed by atoms with van der Waals surface area (Å²) in [6, 6.07) is 11.7. The van der Waals surface area contributed by atoms with Crippen molar-refractivity contribution in [1.82, 2.24) is 15.1 Å². The Kier molecular flexibility index (Phi) is 5.21. The number of rotatable bonds is 6. The van der Waals surface area contributed by atoms with Crippen molar-refractivity contribution in [2.24, 2.45) is 7.05 Å². The van der Waals surface area contributed by atoms with Gasteiger partial charge in [0.25, 0.3) is 5.91 Å². The summed E-state index contributed by atoms with van der Waals surface area (Å²) in [6.45, 7) is 6.47. The number of carbonyl (C=O) groups excluding carboxylic acids is 1. The van der Waals surface area contributed by atoms with Crippen LogP contribution < -0.4 is 5.32 Å². The van der Waals surface area contributed by atoms with Crippen molar-refractivity contribution < 1.29 is 9.53 Å².